The number of anilines is 1. The van der Waals surface area contributed by atoms with E-state index >= 15 is 0 Å². The van der Waals surface area contributed by atoms with Crippen molar-refractivity contribution in [3.8, 4) is 22.3 Å². The predicted molar refractivity (Wildman–Crippen MR) is 209 cm³/mol. The third-order valence-corrected chi connectivity index (χ3v) is 9.23. The molecule has 7 aromatic carbocycles. The molecule has 0 saturated carbocycles. The van der Waals surface area contributed by atoms with E-state index in [-0.39, 0.29) is 11.4 Å². The Balaban J connectivity index is 0.000000172. The van der Waals surface area contributed by atoms with Gasteiger partial charge in [0.2, 0.25) is 0 Å². The number of hydrogen-bond acceptors (Lipinski definition) is 4. The Labute approximate surface area is 284 Å². The highest BCUT2D eigenvalue weighted by atomic mass is 14.6. The standard InChI is InChI=1S/C30H20N2.C15H12N2/c31-27-17-16-20(18-28(27)32)29-23-11-3-5-13-25(23)30(26-14-6-4-12-24(26)29)22-15-7-9-19-8-1-2-10-21(19)22;16-15-8-7-12(11-4-3-9-17-10-11)13-5-1-2-6-14(13)15/h1-18,31-32H;1-10H,16H2. The zero-order valence-electron chi connectivity index (χ0n) is 26.7. The molecule has 232 valence electrons. The van der Waals surface area contributed by atoms with E-state index in [1.165, 1.54) is 43.6 Å². The van der Waals surface area contributed by atoms with Crippen LogP contribution in [0.3, 0.4) is 0 Å². The molecule has 0 atom stereocenters. The topological polar surface area (TPSA) is 86.6 Å². The number of aromatic nitrogens is 1. The number of allylic oxidation sites excluding steroid dienone is 4. The molecule has 0 fully saturated rings. The number of nitrogens with one attached hydrogen (secondary N) is 2. The molecule has 1 aromatic heterocycles. The maximum absolute atomic E-state index is 8.21. The van der Waals surface area contributed by atoms with Crippen LogP contribution in [0.25, 0.3) is 70.9 Å². The molecule has 4 nitrogen and oxygen atoms in total. The average Bonchev–Trinajstić information content (AvgIpc) is 3.16. The fraction of sp³-hybridized carbons (Fsp3) is 0. The summed E-state index contributed by atoms with van der Waals surface area (Å²) in [6.45, 7) is 0. The van der Waals surface area contributed by atoms with E-state index < -0.39 is 0 Å². The van der Waals surface area contributed by atoms with Crippen LogP contribution in [0.2, 0.25) is 0 Å². The molecule has 1 aliphatic rings. The summed E-state index contributed by atoms with van der Waals surface area (Å²) in [4.78, 5) is 4.16. The molecule has 1 aliphatic carbocycles. The van der Waals surface area contributed by atoms with Gasteiger partial charge in [0.15, 0.2) is 0 Å². The van der Waals surface area contributed by atoms with Crippen LogP contribution in [0.1, 0.15) is 5.56 Å². The van der Waals surface area contributed by atoms with Crippen molar-refractivity contribution in [3.05, 3.63) is 176 Å². The van der Waals surface area contributed by atoms with Gasteiger partial charge < -0.3 is 5.73 Å². The largest absolute Gasteiger partial charge is 0.398 e. The molecule has 4 N–H and O–H groups in total. The summed E-state index contributed by atoms with van der Waals surface area (Å²) in [5.41, 5.74) is 14.1. The van der Waals surface area contributed by atoms with Gasteiger partial charge in [-0.05, 0) is 89.8 Å². The highest BCUT2D eigenvalue weighted by Crippen LogP contribution is 2.44. The lowest BCUT2D eigenvalue weighted by Crippen LogP contribution is -2.10. The van der Waals surface area contributed by atoms with Crippen LogP contribution in [-0.2, 0) is 0 Å². The second-order valence-electron chi connectivity index (χ2n) is 12.1. The van der Waals surface area contributed by atoms with Crippen molar-refractivity contribution >= 4 is 65.8 Å². The van der Waals surface area contributed by atoms with Crippen molar-refractivity contribution in [1.82, 2.24) is 4.98 Å². The molecular weight excluding hydrogens is 597 g/mol. The number of benzene rings is 7. The van der Waals surface area contributed by atoms with Gasteiger partial charge in [0.25, 0.3) is 0 Å². The summed E-state index contributed by atoms with van der Waals surface area (Å²) in [7, 11) is 0. The molecule has 0 bridgehead atoms. The Morgan fingerprint density at radius 3 is 1.69 bits per heavy atom. The van der Waals surface area contributed by atoms with Crippen LogP contribution in [-0.4, -0.2) is 16.4 Å². The first-order valence-corrected chi connectivity index (χ1v) is 16.3. The maximum atomic E-state index is 8.21. The molecule has 0 radical (unpaired) electrons. The van der Waals surface area contributed by atoms with E-state index in [1.54, 1.807) is 12.3 Å². The third-order valence-electron chi connectivity index (χ3n) is 9.23. The van der Waals surface area contributed by atoms with E-state index in [9.17, 15) is 0 Å². The van der Waals surface area contributed by atoms with E-state index in [4.69, 9.17) is 16.6 Å². The number of nitrogens with zero attached hydrogens (tertiary/aromatic N) is 1. The molecule has 9 rings (SSSR count). The quantitative estimate of drug-likeness (QED) is 0.103. The van der Waals surface area contributed by atoms with Gasteiger partial charge in [0.05, 0.1) is 11.4 Å². The van der Waals surface area contributed by atoms with Crippen molar-refractivity contribution in [2.24, 2.45) is 0 Å². The Bertz CT molecular complexity index is 2590. The fourth-order valence-electron chi connectivity index (χ4n) is 6.97. The highest BCUT2D eigenvalue weighted by molar-refractivity contribution is 6.50. The number of fused-ring (bicyclic) bond motifs is 4. The number of nitrogens with two attached hydrogens (primary N) is 1. The first kappa shape index (κ1) is 29.7. The van der Waals surface area contributed by atoms with Gasteiger partial charge in [-0.2, -0.15) is 0 Å². The second kappa shape index (κ2) is 12.5. The number of hydrogen-bond donors (Lipinski definition) is 3. The zero-order chi connectivity index (χ0) is 33.3. The lowest BCUT2D eigenvalue weighted by Gasteiger charge is -2.20. The van der Waals surface area contributed by atoms with Gasteiger partial charge in [-0.1, -0.05) is 133 Å². The highest BCUT2D eigenvalue weighted by Gasteiger charge is 2.19. The van der Waals surface area contributed by atoms with E-state index in [1.807, 2.05) is 48.7 Å². The van der Waals surface area contributed by atoms with Crippen molar-refractivity contribution < 1.29 is 0 Å². The minimum absolute atomic E-state index is 0.244. The number of nitrogen functional groups attached to an aromatic ring is 1. The Hall–Kier alpha value is -6.65. The summed E-state index contributed by atoms with van der Waals surface area (Å²) in [5, 5.41) is 25.6. The molecule has 4 heteroatoms. The fourth-order valence-corrected chi connectivity index (χ4v) is 6.97. The minimum atomic E-state index is 0.244. The lowest BCUT2D eigenvalue weighted by molar-refractivity contribution is 1.33. The Morgan fingerprint density at radius 2 is 1.04 bits per heavy atom. The molecule has 0 amide bonds. The van der Waals surface area contributed by atoms with Gasteiger partial charge in [-0.3, -0.25) is 15.8 Å². The van der Waals surface area contributed by atoms with Crippen LogP contribution in [0.4, 0.5) is 5.69 Å². The summed E-state index contributed by atoms with van der Waals surface area (Å²) in [6, 6.07) is 48.3. The predicted octanol–water partition coefficient (Wildman–Crippen LogP) is 11.3. The monoisotopic (exact) mass is 628 g/mol. The summed E-state index contributed by atoms with van der Waals surface area (Å²) in [5.74, 6) is 0. The van der Waals surface area contributed by atoms with Gasteiger partial charge in [0.1, 0.15) is 0 Å². The van der Waals surface area contributed by atoms with Crippen LogP contribution < -0.4 is 5.73 Å². The first-order chi connectivity index (χ1) is 24.1. The summed E-state index contributed by atoms with van der Waals surface area (Å²) < 4.78 is 0. The van der Waals surface area contributed by atoms with Crippen molar-refractivity contribution in [2.75, 3.05) is 5.73 Å². The van der Waals surface area contributed by atoms with E-state index in [0.29, 0.717) is 0 Å². The van der Waals surface area contributed by atoms with Crippen molar-refractivity contribution in [1.29, 1.82) is 10.8 Å². The molecule has 0 spiro atoms. The SMILES string of the molecule is N=C1C=CC(c2c3ccccc3c(-c3cccc4ccccc34)c3ccccc23)=CC1=N.Nc1ccc(-c2cccnc2)c2ccccc12. The molecule has 0 saturated heterocycles. The van der Waals surface area contributed by atoms with Crippen LogP contribution in [0.15, 0.2) is 170 Å². The molecule has 0 aliphatic heterocycles. The van der Waals surface area contributed by atoms with Gasteiger partial charge in [-0.25, -0.2) is 0 Å². The van der Waals surface area contributed by atoms with E-state index in [2.05, 4.69) is 114 Å². The third kappa shape index (κ3) is 5.35. The minimum Gasteiger partial charge on any atom is -0.398 e. The zero-order valence-corrected chi connectivity index (χ0v) is 26.7. The maximum Gasteiger partial charge on any atom is 0.0795 e. The van der Waals surface area contributed by atoms with Gasteiger partial charge in [0, 0.05) is 29.0 Å². The summed E-state index contributed by atoms with van der Waals surface area (Å²) >= 11 is 0. The van der Waals surface area contributed by atoms with Crippen molar-refractivity contribution in [3.63, 3.8) is 0 Å². The lowest BCUT2D eigenvalue weighted by atomic mass is 9.83. The smallest absolute Gasteiger partial charge is 0.0795 e. The number of rotatable bonds is 3. The van der Waals surface area contributed by atoms with Crippen LogP contribution in [0, 0.1) is 10.8 Å². The van der Waals surface area contributed by atoms with E-state index in [0.717, 1.165) is 38.5 Å². The molecule has 49 heavy (non-hydrogen) atoms. The molecule has 8 aromatic rings. The molecule has 1 heterocycles. The van der Waals surface area contributed by atoms with Crippen LogP contribution in [0.5, 0.6) is 0 Å². The number of pyridine rings is 1. The normalized spacial score (nSPS) is 12.7. The van der Waals surface area contributed by atoms with Gasteiger partial charge in [-0.15, -0.1) is 0 Å². The Kier molecular flexibility index (Phi) is 7.59. The van der Waals surface area contributed by atoms with Crippen LogP contribution >= 0.6 is 0 Å². The second-order valence-corrected chi connectivity index (χ2v) is 12.1. The molecular formula is C45H32N4. The first-order valence-electron chi connectivity index (χ1n) is 16.3. The molecule has 0 unspecified atom stereocenters. The summed E-state index contributed by atoms with van der Waals surface area (Å²) in [6.07, 6.45) is 9.15. The Morgan fingerprint density at radius 1 is 0.449 bits per heavy atom. The average molecular weight is 629 g/mol. The van der Waals surface area contributed by atoms with Crippen molar-refractivity contribution in [2.45, 2.75) is 0 Å². The van der Waals surface area contributed by atoms with Gasteiger partial charge >= 0.3 is 0 Å².